The van der Waals surface area contributed by atoms with Gasteiger partial charge in [-0.25, -0.2) is 0 Å². The largest absolute Gasteiger partial charge is 0.489 e. The van der Waals surface area contributed by atoms with Crippen LogP contribution in [-0.4, -0.2) is 17.2 Å². The maximum absolute atomic E-state index is 10.2. The molecule has 6 rings (SSSR count). The maximum atomic E-state index is 10.2. The van der Waals surface area contributed by atoms with Gasteiger partial charge in [-0.05, 0) is 72.2 Å². The highest BCUT2D eigenvalue weighted by Crippen LogP contribution is 2.37. The van der Waals surface area contributed by atoms with Crippen LogP contribution in [0.2, 0.25) is 0 Å². The summed E-state index contributed by atoms with van der Waals surface area (Å²) in [6.45, 7) is 0. The van der Waals surface area contributed by atoms with Crippen molar-refractivity contribution in [1.82, 2.24) is 0 Å². The van der Waals surface area contributed by atoms with Crippen molar-refractivity contribution in [3.63, 3.8) is 0 Å². The van der Waals surface area contributed by atoms with E-state index in [1.54, 1.807) is 0 Å². The van der Waals surface area contributed by atoms with Crippen LogP contribution in [0.25, 0.3) is 54.6 Å². The minimum atomic E-state index is -1.54. The van der Waals surface area contributed by atoms with Gasteiger partial charge in [-0.2, -0.15) is 0 Å². The first-order chi connectivity index (χ1) is 16.2. The van der Waals surface area contributed by atoms with Crippen molar-refractivity contribution in [1.29, 1.82) is 0 Å². The zero-order valence-electron chi connectivity index (χ0n) is 17.9. The molecule has 0 amide bonds. The Morgan fingerprint density at radius 2 is 0.909 bits per heavy atom. The summed E-state index contributed by atoms with van der Waals surface area (Å²) in [4.78, 5) is 0. The third-order valence-corrected chi connectivity index (χ3v) is 6.47. The van der Waals surface area contributed by atoms with Crippen molar-refractivity contribution in [3.05, 3.63) is 115 Å². The third-order valence-electron chi connectivity index (χ3n) is 6.47. The standard InChI is InChI=1S/C30H21BO2/c32-31(33)30-27-12-6-4-10-25(27)29(26-11-5-7-13-28(26)30)24-17-16-22-18-21(14-15-23(22)19-24)20-8-2-1-3-9-20/h1-19,32-33H. The van der Waals surface area contributed by atoms with Gasteiger partial charge in [-0.1, -0.05) is 103 Å². The van der Waals surface area contributed by atoms with Crippen LogP contribution >= 0.6 is 0 Å². The molecule has 0 aliphatic rings. The number of fused-ring (bicyclic) bond motifs is 3. The lowest BCUT2D eigenvalue weighted by molar-refractivity contribution is 0.426. The molecule has 0 unspecified atom stereocenters. The maximum Gasteiger partial charge on any atom is 0.489 e. The minimum Gasteiger partial charge on any atom is -0.423 e. The average Bonchev–Trinajstić information content (AvgIpc) is 2.87. The van der Waals surface area contributed by atoms with Gasteiger partial charge in [0, 0.05) is 0 Å². The predicted molar refractivity (Wildman–Crippen MR) is 140 cm³/mol. The lowest BCUT2D eigenvalue weighted by Crippen LogP contribution is -2.31. The van der Waals surface area contributed by atoms with Gasteiger partial charge in [0.15, 0.2) is 0 Å². The summed E-state index contributed by atoms with van der Waals surface area (Å²) in [6.07, 6.45) is 0. The summed E-state index contributed by atoms with van der Waals surface area (Å²) in [5, 5.41) is 26.5. The van der Waals surface area contributed by atoms with Crippen molar-refractivity contribution in [2.45, 2.75) is 0 Å². The molecule has 2 nitrogen and oxygen atoms in total. The molecule has 0 saturated heterocycles. The van der Waals surface area contributed by atoms with Crippen molar-refractivity contribution < 1.29 is 10.0 Å². The van der Waals surface area contributed by atoms with Crippen LogP contribution in [-0.2, 0) is 0 Å². The predicted octanol–water partition coefficient (Wildman–Crippen LogP) is 6.16. The molecule has 156 valence electrons. The first kappa shape index (κ1) is 19.7. The topological polar surface area (TPSA) is 40.5 Å². The van der Waals surface area contributed by atoms with E-state index in [-0.39, 0.29) is 0 Å². The molecule has 0 bridgehead atoms. The summed E-state index contributed by atoms with van der Waals surface area (Å²) in [5.41, 5.74) is 5.19. The van der Waals surface area contributed by atoms with Crippen LogP contribution in [0.4, 0.5) is 0 Å². The molecule has 2 N–H and O–H groups in total. The number of benzene rings is 6. The van der Waals surface area contributed by atoms with E-state index in [0.29, 0.717) is 5.46 Å². The zero-order valence-corrected chi connectivity index (χ0v) is 17.9. The van der Waals surface area contributed by atoms with Crippen molar-refractivity contribution in [2.75, 3.05) is 0 Å². The van der Waals surface area contributed by atoms with E-state index < -0.39 is 7.12 Å². The second kappa shape index (κ2) is 7.89. The van der Waals surface area contributed by atoms with Crippen LogP contribution in [0.3, 0.4) is 0 Å². The molecule has 0 aliphatic heterocycles. The van der Waals surface area contributed by atoms with Gasteiger partial charge in [-0.3, -0.25) is 0 Å². The fourth-order valence-corrected chi connectivity index (χ4v) is 4.96. The summed E-state index contributed by atoms with van der Waals surface area (Å²) >= 11 is 0. The van der Waals surface area contributed by atoms with Crippen LogP contribution < -0.4 is 5.46 Å². The number of hydrogen-bond acceptors (Lipinski definition) is 2. The molecule has 3 heteroatoms. The quantitative estimate of drug-likeness (QED) is 0.264. The highest BCUT2D eigenvalue weighted by atomic mass is 16.4. The van der Waals surface area contributed by atoms with Gasteiger partial charge in [-0.15, -0.1) is 0 Å². The van der Waals surface area contributed by atoms with E-state index in [0.717, 1.165) is 32.7 Å². The van der Waals surface area contributed by atoms with E-state index >= 15 is 0 Å². The summed E-state index contributed by atoms with van der Waals surface area (Å²) in [5.74, 6) is 0. The van der Waals surface area contributed by atoms with Crippen molar-refractivity contribution in [2.24, 2.45) is 0 Å². The molecule has 33 heavy (non-hydrogen) atoms. The monoisotopic (exact) mass is 424 g/mol. The molecule has 0 aromatic heterocycles. The van der Waals surface area contributed by atoms with E-state index in [2.05, 4.69) is 72.8 Å². The van der Waals surface area contributed by atoms with Crippen molar-refractivity contribution >= 4 is 44.9 Å². The Kier molecular flexibility index (Phi) is 4.72. The molecule has 0 aliphatic carbocycles. The van der Waals surface area contributed by atoms with Gasteiger partial charge in [0.1, 0.15) is 0 Å². The fourth-order valence-electron chi connectivity index (χ4n) is 4.96. The Morgan fingerprint density at radius 3 is 1.48 bits per heavy atom. The summed E-state index contributed by atoms with van der Waals surface area (Å²) < 4.78 is 0. The van der Waals surface area contributed by atoms with Crippen LogP contribution in [0.5, 0.6) is 0 Å². The smallest absolute Gasteiger partial charge is 0.423 e. The van der Waals surface area contributed by atoms with Crippen LogP contribution in [0, 0.1) is 0 Å². The first-order valence-corrected chi connectivity index (χ1v) is 11.1. The van der Waals surface area contributed by atoms with E-state index in [9.17, 15) is 10.0 Å². The van der Waals surface area contributed by atoms with E-state index in [4.69, 9.17) is 0 Å². The van der Waals surface area contributed by atoms with Gasteiger partial charge in [0.05, 0.1) is 0 Å². The molecule has 0 fully saturated rings. The Balaban J connectivity index is 1.61. The van der Waals surface area contributed by atoms with Crippen LogP contribution in [0.1, 0.15) is 0 Å². The Morgan fingerprint density at radius 1 is 0.424 bits per heavy atom. The number of hydrogen-bond donors (Lipinski definition) is 2. The van der Waals surface area contributed by atoms with E-state index in [1.807, 2.05) is 42.5 Å². The molecule has 0 radical (unpaired) electrons. The average molecular weight is 424 g/mol. The first-order valence-electron chi connectivity index (χ1n) is 11.1. The molecule has 6 aromatic carbocycles. The molecule has 0 spiro atoms. The second-order valence-corrected chi connectivity index (χ2v) is 8.40. The van der Waals surface area contributed by atoms with Crippen molar-refractivity contribution in [3.8, 4) is 22.3 Å². The highest BCUT2D eigenvalue weighted by molar-refractivity contribution is 6.66. The Labute approximate surface area is 192 Å². The third kappa shape index (κ3) is 3.30. The zero-order chi connectivity index (χ0) is 22.4. The van der Waals surface area contributed by atoms with Gasteiger partial charge in [0.25, 0.3) is 0 Å². The lowest BCUT2D eigenvalue weighted by atomic mass is 9.72. The van der Waals surface area contributed by atoms with Gasteiger partial charge < -0.3 is 10.0 Å². The van der Waals surface area contributed by atoms with Gasteiger partial charge in [0.2, 0.25) is 0 Å². The minimum absolute atomic E-state index is 0.554. The Hall–Kier alpha value is -3.92. The molecule has 6 aromatic rings. The van der Waals surface area contributed by atoms with Gasteiger partial charge >= 0.3 is 7.12 Å². The second-order valence-electron chi connectivity index (χ2n) is 8.40. The lowest BCUT2D eigenvalue weighted by Gasteiger charge is -2.17. The number of rotatable bonds is 3. The fraction of sp³-hybridized carbons (Fsp3) is 0. The Bertz CT molecular complexity index is 1580. The molecular weight excluding hydrogens is 403 g/mol. The SMILES string of the molecule is OB(O)c1c2ccccc2c(-c2ccc3cc(-c4ccccc4)ccc3c2)c2ccccc12. The normalized spacial score (nSPS) is 11.3. The molecule has 0 saturated carbocycles. The molecule has 0 heterocycles. The highest BCUT2D eigenvalue weighted by Gasteiger charge is 2.22. The van der Waals surface area contributed by atoms with Crippen LogP contribution in [0.15, 0.2) is 115 Å². The van der Waals surface area contributed by atoms with E-state index in [1.165, 1.54) is 21.9 Å². The molecular formula is C30H21BO2. The molecule has 0 atom stereocenters. The summed E-state index contributed by atoms with van der Waals surface area (Å²) in [7, 11) is -1.54. The summed E-state index contributed by atoms with van der Waals surface area (Å²) in [6, 6.07) is 39.5.